The lowest BCUT2D eigenvalue weighted by Gasteiger charge is -2.35. The maximum atomic E-state index is 13.4. The summed E-state index contributed by atoms with van der Waals surface area (Å²) >= 11 is 3.56. The number of benzene rings is 2. The van der Waals surface area contributed by atoms with Gasteiger partial charge in [0.2, 0.25) is 0 Å². The van der Waals surface area contributed by atoms with Gasteiger partial charge in [0.25, 0.3) is 0 Å². The Kier molecular flexibility index (Phi) is 5.35. The van der Waals surface area contributed by atoms with Gasteiger partial charge in [-0.25, -0.2) is 18.7 Å². The van der Waals surface area contributed by atoms with Crippen molar-refractivity contribution in [3.63, 3.8) is 0 Å². The fraction of sp³-hybridized carbons (Fsp3) is 0.304. The molecule has 1 aliphatic heterocycles. The topological polar surface area (TPSA) is 37.2 Å². The Labute approximate surface area is 187 Å². The molecule has 3 heterocycles. The normalized spacial score (nSPS) is 15.3. The summed E-state index contributed by atoms with van der Waals surface area (Å²) in [5, 5.41) is 1.11. The van der Waals surface area contributed by atoms with E-state index in [1.807, 2.05) is 6.07 Å². The standard InChI is InChI=1S/C23H22BrF2N5/c1-29-20-5-3-16(24)13-17(20)21-22(29)23(28-14-27-21)31-10-8-30(9-11-31)7-6-15-2-4-18(25)19(26)12-15/h2-5,12-14H,6-11H2,1H3. The monoisotopic (exact) mass is 485 g/mol. The first-order chi connectivity index (χ1) is 15.0. The minimum Gasteiger partial charge on any atom is -0.352 e. The van der Waals surface area contributed by atoms with E-state index in [0.29, 0.717) is 6.42 Å². The van der Waals surface area contributed by atoms with Gasteiger partial charge in [0, 0.05) is 49.6 Å². The van der Waals surface area contributed by atoms with E-state index in [1.54, 1.807) is 12.4 Å². The molecule has 0 atom stereocenters. The van der Waals surface area contributed by atoms with Crippen molar-refractivity contribution in [3.05, 3.63) is 64.4 Å². The second-order valence-electron chi connectivity index (χ2n) is 7.94. The average molecular weight is 486 g/mol. The Bertz CT molecular complexity index is 1260. The van der Waals surface area contributed by atoms with Crippen LogP contribution in [0.25, 0.3) is 21.9 Å². The molecule has 160 valence electrons. The SMILES string of the molecule is Cn1c2ccc(Br)cc2c2ncnc(N3CCN(CCc4ccc(F)c(F)c4)CC3)c21. The van der Waals surface area contributed by atoms with Gasteiger partial charge in [-0.2, -0.15) is 0 Å². The summed E-state index contributed by atoms with van der Waals surface area (Å²) < 4.78 is 29.7. The van der Waals surface area contributed by atoms with Crippen molar-refractivity contribution >= 4 is 43.7 Å². The third-order valence-corrected chi connectivity index (χ3v) is 6.58. The van der Waals surface area contributed by atoms with Gasteiger partial charge in [-0.1, -0.05) is 22.0 Å². The number of hydrogen-bond acceptors (Lipinski definition) is 4. The minimum absolute atomic E-state index is 0.701. The molecule has 2 aromatic carbocycles. The number of aromatic nitrogens is 3. The van der Waals surface area contributed by atoms with Crippen molar-refractivity contribution in [2.75, 3.05) is 37.6 Å². The highest BCUT2D eigenvalue weighted by molar-refractivity contribution is 9.10. The van der Waals surface area contributed by atoms with Gasteiger partial charge in [0.15, 0.2) is 17.5 Å². The molecule has 0 spiro atoms. The van der Waals surface area contributed by atoms with E-state index in [9.17, 15) is 8.78 Å². The second kappa shape index (κ2) is 8.16. The fourth-order valence-corrected chi connectivity index (χ4v) is 4.74. The molecule has 0 saturated carbocycles. The van der Waals surface area contributed by atoms with E-state index >= 15 is 0 Å². The van der Waals surface area contributed by atoms with Gasteiger partial charge in [-0.3, -0.25) is 4.90 Å². The van der Waals surface area contributed by atoms with Crippen LogP contribution in [0.1, 0.15) is 5.56 Å². The zero-order chi connectivity index (χ0) is 21.5. The lowest BCUT2D eigenvalue weighted by Crippen LogP contribution is -2.47. The van der Waals surface area contributed by atoms with Crippen LogP contribution < -0.4 is 4.90 Å². The molecule has 4 aromatic rings. The first-order valence-corrected chi connectivity index (χ1v) is 11.1. The van der Waals surface area contributed by atoms with Gasteiger partial charge >= 0.3 is 0 Å². The molecular weight excluding hydrogens is 464 g/mol. The highest BCUT2D eigenvalue weighted by Gasteiger charge is 2.22. The number of halogens is 3. The molecule has 8 heteroatoms. The summed E-state index contributed by atoms with van der Waals surface area (Å²) in [6.07, 6.45) is 2.35. The van der Waals surface area contributed by atoms with Gasteiger partial charge in [0.05, 0.1) is 5.52 Å². The predicted octanol–water partition coefficient (Wildman–Crippen LogP) is 4.53. The number of nitrogens with zero attached hydrogens (tertiary/aromatic N) is 5. The van der Waals surface area contributed by atoms with Crippen LogP contribution in [0.15, 0.2) is 47.2 Å². The Morgan fingerprint density at radius 1 is 0.968 bits per heavy atom. The fourth-order valence-electron chi connectivity index (χ4n) is 4.38. The molecule has 1 saturated heterocycles. The maximum absolute atomic E-state index is 13.4. The van der Waals surface area contributed by atoms with Crippen molar-refractivity contribution < 1.29 is 8.78 Å². The molecule has 0 bridgehead atoms. The molecule has 0 N–H and O–H groups in total. The summed E-state index contributed by atoms with van der Waals surface area (Å²) in [6, 6.07) is 10.4. The van der Waals surface area contributed by atoms with Crippen molar-refractivity contribution in [2.45, 2.75) is 6.42 Å². The lowest BCUT2D eigenvalue weighted by molar-refractivity contribution is 0.260. The summed E-state index contributed by atoms with van der Waals surface area (Å²) in [7, 11) is 2.06. The van der Waals surface area contributed by atoms with Crippen molar-refractivity contribution in [3.8, 4) is 0 Å². The quantitative estimate of drug-likeness (QED) is 0.425. The van der Waals surface area contributed by atoms with Crippen LogP contribution in [0, 0.1) is 11.6 Å². The van der Waals surface area contributed by atoms with Crippen LogP contribution in [-0.2, 0) is 13.5 Å². The van der Waals surface area contributed by atoms with E-state index in [0.717, 1.165) is 70.5 Å². The Morgan fingerprint density at radius 3 is 2.55 bits per heavy atom. The molecule has 0 aliphatic carbocycles. The van der Waals surface area contributed by atoms with Gasteiger partial charge in [-0.05, 0) is 42.3 Å². The van der Waals surface area contributed by atoms with Crippen molar-refractivity contribution in [1.82, 2.24) is 19.4 Å². The number of piperazine rings is 1. The first kappa shape index (κ1) is 20.3. The van der Waals surface area contributed by atoms with E-state index < -0.39 is 11.6 Å². The molecule has 5 rings (SSSR count). The van der Waals surface area contributed by atoms with Crippen LogP contribution in [-0.4, -0.2) is 52.2 Å². The number of rotatable bonds is 4. The molecule has 1 aliphatic rings. The van der Waals surface area contributed by atoms with Crippen LogP contribution in [0.4, 0.5) is 14.6 Å². The number of fused-ring (bicyclic) bond motifs is 3. The second-order valence-corrected chi connectivity index (χ2v) is 8.86. The van der Waals surface area contributed by atoms with Crippen molar-refractivity contribution in [1.29, 1.82) is 0 Å². The van der Waals surface area contributed by atoms with E-state index in [1.165, 1.54) is 12.1 Å². The maximum Gasteiger partial charge on any atom is 0.159 e. The zero-order valence-corrected chi connectivity index (χ0v) is 18.7. The molecule has 5 nitrogen and oxygen atoms in total. The predicted molar refractivity (Wildman–Crippen MR) is 122 cm³/mol. The van der Waals surface area contributed by atoms with Crippen LogP contribution in [0.5, 0.6) is 0 Å². The summed E-state index contributed by atoms with van der Waals surface area (Å²) in [5.74, 6) is -0.619. The number of aryl methyl sites for hydroxylation is 1. The Morgan fingerprint density at radius 2 is 1.77 bits per heavy atom. The van der Waals surface area contributed by atoms with Gasteiger partial charge in [-0.15, -0.1) is 0 Å². The van der Waals surface area contributed by atoms with Gasteiger partial charge in [0.1, 0.15) is 17.4 Å². The molecular formula is C23H22BrF2N5. The third kappa shape index (κ3) is 3.78. The Balaban J connectivity index is 1.32. The molecule has 1 fully saturated rings. The highest BCUT2D eigenvalue weighted by atomic mass is 79.9. The molecule has 0 unspecified atom stereocenters. The van der Waals surface area contributed by atoms with Crippen LogP contribution in [0.2, 0.25) is 0 Å². The largest absolute Gasteiger partial charge is 0.352 e. The Hall–Kier alpha value is -2.58. The zero-order valence-electron chi connectivity index (χ0n) is 17.2. The molecule has 2 aromatic heterocycles. The van der Waals surface area contributed by atoms with Crippen molar-refractivity contribution in [2.24, 2.45) is 7.05 Å². The highest BCUT2D eigenvalue weighted by Crippen LogP contribution is 2.33. The third-order valence-electron chi connectivity index (χ3n) is 6.09. The van der Waals surface area contributed by atoms with E-state index in [-0.39, 0.29) is 0 Å². The minimum atomic E-state index is -0.797. The molecule has 31 heavy (non-hydrogen) atoms. The van der Waals surface area contributed by atoms with E-state index in [4.69, 9.17) is 0 Å². The molecule has 0 radical (unpaired) electrons. The molecule has 0 amide bonds. The average Bonchev–Trinajstić information content (AvgIpc) is 3.06. The van der Waals surface area contributed by atoms with Gasteiger partial charge < -0.3 is 9.47 Å². The lowest BCUT2D eigenvalue weighted by atomic mass is 10.1. The smallest absolute Gasteiger partial charge is 0.159 e. The summed E-state index contributed by atoms with van der Waals surface area (Å²) in [6.45, 7) is 4.32. The number of hydrogen-bond donors (Lipinski definition) is 0. The van der Waals surface area contributed by atoms with Crippen LogP contribution in [0.3, 0.4) is 0 Å². The van der Waals surface area contributed by atoms with Crippen LogP contribution >= 0.6 is 15.9 Å². The summed E-state index contributed by atoms with van der Waals surface area (Å²) in [5.41, 5.74) is 3.96. The first-order valence-electron chi connectivity index (χ1n) is 10.3. The van der Waals surface area contributed by atoms with E-state index in [2.05, 4.69) is 59.4 Å². The number of anilines is 1. The summed E-state index contributed by atoms with van der Waals surface area (Å²) in [4.78, 5) is 13.9.